The number of aliphatic hydroxyl groups is 1. The lowest BCUT2D eigenvalue weighted by atomic mass is 9.87. The van der Waals surface area contributed by atoms with Crippen LogP contribution in [0, 0.1) is 5.41 Å². The second-order valence-electron chi connectivity index (χ2n) is 6.07. The lowest BCUT2D eigenvalue weighted by Crippen LogP contribution is -2.39. The number of aromatic hydroxyl groups is 1. The fourth-order valence-electron chi connectivity index (χ4n) is 1.91. The van der Waals surface area contributed by atoms with E-state index in [1.165, 1.54) is 0 Å². The van der Waals surface area contributed by atoms with Crippen molar-refractivity contribution in [3.05, 3.63) is 23.8 Å². The van der Waals surface area contributed by atoms with Crippen LogP contribution in [0.1, 0.15) is 46.3 Å². The van der Waals surface area contributed by atoms with Crippen LogP contribution in [0.25, 0.3) is 0 Å². The molecule has 2 N–H and O–H groups in total. The molecule has 102 valence electrons. The van der Waals surface area contributed by atoms with Crippen molar-refractivity contribution >= 4 is 5.69 Å². The zero-order chi connectivity index (χ0) is 14.1. The molecule has 0 radical (unpaired) electrons. The van der Waals surface area contributed by atoms with Crippen LogP contribution in [-0.2, 0) is 0 Å². The third-order valence-corrected chi connectivity index (χ3v) is 3.71. The molecule has 0 saturated heterocycles. The maximum atomic E-state index is 9.91. The molecule has 3 heteroatoms. The Labute approximate surface area is 110 Å². The van der Waals surface area contributed by atoms with Crippen molar-refractivity contribution in [3.8, 4) is 5.75 Å². The van der Waals surface area contributed by atoms with Crippen LogP contribution < -0.4 is 4.90 Å². The van der Waals surface area contributed by atoms with Gasteiger partial charge in [0.2, 0.25) is 0 Å². The summed E-state index contributed by atoms with van der Waals surface area (Å²) in [5, 5.41) is 19.4. The molecule has 0 spiro atoms. The third-order valence-electron chi connectivity index (χ3n) is 3.71. The smallest absolute Gasteiger partial charge is 0.123 e. The van der Waals surface area contributed by atoms with E-state index in [0.717, 1.165) is 5.69 Å². The van der Waals surface area contributed by atoms with E-state index in [1.807, 2.05) is 13.1 Å². The van der Waals surface area contributed by atoms with Gasteiger partial charge in [-0.3, -0.25) is 0 Å². The first-order chi connectivity index (χ1) is 8.14. The molecule has 0 heterocycles. The normalized spacial score (nSPS) is 15.3. The van der Waals surface area contributed by atoms with Gasteiger partial charge in [0, 0.05) is 30.4 Å². The van der Waals surface area contributed by atoms with Gasteiger partial charge in [-0.25, -0.2) is 0 Å². The average Bonchev–Trinajstić information content (AvgIpc) is 2.25. The largest absolute Gasteiger partial charge is 0.507 e. The summed E-state index contributed by atoms with van der Waals surface area (Å²) in [6.07, 6.45) is -0.649. The van der Waals surface area contributed by atoms with Gasteiger partial charge in [0.05, 0.1) is 6.10 Å². The van der Waals surface area contributed by atoms with Gasteiger partial charge in [0.25, 0.3) is 0 Å². The Morgan fingerprint density at radius 1 is 1.17 bits per heavy atom. The van der Waals surface area contributed by atoms with Crippen molar-refractivity contribution in [1.29, 1.82) is 0 Å². The molecule has 0 amide bonds. The molecule has 2 atom stereocenters. The van der Waals surface area contributed by atoms with E-state index < -0.39 is 6.10 Å². The highest BCUT2D eigenvalue weighted by Crippen LogP contribution is 2.32. The van der Waals surface area contributed by atoms with Gasteiger partial charge in [0.1, 0.15) is 5.75 Å². The minimum Gasteiger partial charge on any atom is -0.507 e. The van der Waals surface area contributed by atoms with E-state index in [0.29, 0.717) is 11.6 Å². The van der Waals surface area contributed by atoms with E-state index in [4.69, 9.17) is 0 Å². The van der Waals surface area contributed by atoms with E-state index in [2.05, 4.69) is 32.6 Å². The zero-order valence-electron chi connectivity index (χ0n) is 12.2. The molecule has 0 fully saturated rings. The van der Waals surface area contributed by atoms with Crippen molar-refractivity contribution in [1.82, 2.24) is 0 Å². The second-order valence-corrected chi connectivity index (χ2v) is 6.07. The minimum atomic E-state index is -0.649. The molecule has 1 aromatic carbocycles. The topological polar surface area (TPSA) is 43.7 Å². The van der Waals surface area contributed by atoms with Crippen LogP contribution in [0.2, 0.25) is 0 Å². The fraction of sp³-hybridized carbons (Fsp3) is 0.600. The van der Waals surface area contributed by atoms with E-state index in [9.17, 15) is 10.2 Å². The lowest BCUT2D eigenvalue weighted by Gasteiger charge is -2.37. The number of rotatable bonds is 3. The summed E-state index contributed by atoms with van der Waals surface area (Å²) >= 11 is 0. The summed E-state index contributed by atoms with van der Waals surface area (Å²) < 4.78 is 0. The number of phenolic OH excluding ortho intramolecular Hbond substituents is 1. The molecule has 1 rings (SSSR count). The molecule has 0 saturated carbocycles. The minimum absolute atomic E-state index is 0.149. The van der Waals surface area contributed by atoms with Gasteiger partial charge in [0.15, 0.2) is 0 Å². The lowest BCUT2D eigenvalue weighted by molar-refractivity contribution is 0.195. The van der Waals surface area contributed by atoms with Crippen LogP contribution in [-0.4, -0.2) is 23.3 Å². The molecular formula is C15H25NO2. The highest BCUT2D eigenvalue weighted by Gasteiger charge is 2.24. The summed E-state index contributed by atoms with van der Waals surface area (Å²) in [5.41, 5.74) is 1.68. The van der Waals surface area contributed by atoms with E-state index in [1.54, 1.807) is 19.1 Å². The van der Waals surface area contributed by atoms with Crippen molar-refractivity contribution in [2.75, 3.05) is 11.9 Å². The Hall–Kier alpha value is -1.22. The van der Waals surface area contributed by atoms with Crippen LogP contribution in [0.4, 0.5) is 5.69 Å². The SMILES string of the molecule is CC(O)c1ccc(N(C)C(C)C(C)(C)C)cc1O. The number of hydrogen-bond donors (Lipinski definition) is 2. The van der Waals surface area contributed by atoms with Crippen molar-refractivity contribution < 1.29 is 10.2 Å². The Morgan fingerprint density at radius 3 is 2.11 bits per heavy atom. The Kier molecular flexibility index (Phi) is 4.28. The average molecular weight is 251 g/mol. The molecule has 0 bridgehead atoms. The maximum Gasteiger partial charge on any atom is 0.123 e. The van der Waals surface area contributed by atoms with Gasteiger partial charge >= 0.3 is 0 Å². The molecular weight excluding hydrogens is 226 g/mol. The predicted molar refractivity (Wildman–Crippen MR) is 76.1 cm³/mol. The summed E-state index contributed by atoms with van der Waals surface area (Å²) in [6.45, 7) is 10.4. The van der Waals surface area contributed by atoms with E-state index >= 15 is 0 Å². The number of nitrogens with zero attached hydrogens (tertiary/aromatic N) is 1. The van der Waals surface area contributed by atoms with Gasteiger partial charge in [-0.1, -0.05) is 26.8 Å². The van der Waals surface area contributed by atoms with Crippen LogP contribution in [0.3, 0.4) is 0 Å². The molecule has 1 aromatic rings. The second kappa shape index (κ2) is 5.19. The summed E-state index contributed by atoms with van der Waals surface area (Å²) in [6, 6.07) is 5.77. The highest BCUT2D eigenvalue weighted by molar-refractivity contribution is 5.54. The number of phenols is 1. The molecule has 2 unspecified atom stereocenters. The molecule has 18 heavy (non-hydrogen) atoms. The Bertz CT molecular complexity index is 407. The van der Waals surface area contributed by atoms with Gasteiger partial charge in [-0.2, -0.15) is 0 Å². The standard InChI is InChI=1S/C15H25NO2/c1-10(17)13-8-7-12(9-14(13)18)16(6)11(2)15(3,4)5/h7-11,17-18H,1-6H3. The number of hydrogen-bond acceptors (Lipinski definition) is 3. The first-order valence-corrected chi connectivity index (χ1v) is 6.38. The Balaban J connectivity index is 3.02. The monoisotopic (exact) mass is 251 g/mol. The molecule has 0 aliphatic heterocycles. The molecule has 0 aliphatic rings. The van der Waals surface area contributed by atoms with Crippen LogP contribution in [0.5, 0.6) is 5.75 Å². The van der Waals surface area contributed by atoms with E-state index in [-0.39, 0.29) is 11.2 Å². The van der Waals surface area contributed by atoms with Crippen molar-refractivity contribution in [2.45, 2.75) is 46.8 Å². The Morgan fingerprint density at radius 2 is 1.72 bits per heavy atom. The predicted octanol–water partition coefficient (Wildman–Crippen LogP) is 3.32. The number of benzene rings is 1. The third kappa shape index (κ3) is 3.16. The van der Waals surface area contributed by atoms with Gasteiger partial charge in [-0.15, -0.1) is 0 Å². The van der Waals surface area contributed by atoms with Crippen molar-refractivity contribution in [2.24, 2.45) is 5.41 Å². The molecule has 3 nitrogen and oxygen atoms in total. The zero-order valence-corrected chi connectivity index (χ0v) is 12.2. The first-order valence-electron chi connectivity index (χ1n) is 6.38. The number of anilines is 1. The fourth-order valence-corrected chi connectivity index (χ4v) is 1.91. The quantitative estimate of drug-likeness (QED) is 0.866. The van der Waals surface area contributed by atoms with Crippen LogP contribution >= 0.6 is 0 Å². The summed E-state index contributed by atoms with van der Waals surface area (Å²) in [7, 11) is 2.02. The molecule has 0 aromatic heterocycles. The summed E-state index contributed by atoms with van der Waals surface area (Å²) in [5.74, 6) is 0.149. The maximum absolute atomic E-state index is 9.91. The van der Waals surface area contributed by atoms with Crippen molar-refractivity contribution in [3.63, 3.8) is 0 Å². The summed E-state index contributed by atoms with van der Waals surface area (Å²) in [4.78, 5) is 2.14. The number of aliphatic hydroxyl groups excluding tert-OH is 1. The molecule has 0 aliphatic carbocycles. The highest BCUT2D eigenvalue weighted by atomic mass is 16.3. The van der Waals surface area contributed by atoms with Gasteiger partial charge < -0.3 is 15.1 Å². The van der Waals surface area contributed by atoms with Gasteiger partial charge in [-0.05, 0) is 25.3 Å². The first kappa shape index (κ1) is 14.8. The van der Waals surface area contributed by atoms with Crippen LogP contribution in [0.15, 0.2) is 18.2 Å².